The van der Waals surface area contributed by atoms with Crippen LogP contribution in [-0.2, 0) is 47.7 Å². The van der Waals surface area contributed by atoms with E-state index < -0.39 is 150 Å². The number of aliphatic hydroxyl groups is 3. The number of aromatic amines is 1. The van der Waals surface area contributed by atoms with E-state index in [1.54, 1.807) is 27.7 Å². The van der Waals surface area contributed by atoms with Gasteiger partial charge in [-0.1, -0.05) is 60.8 Å². The Morgan fingerprint density at radius 3 is 2.14 bits per heavy atom. The number of amides is 4. The number of carboxylic acids is 2. The minimum Gasteiger partial charge on any atom is -0.480 e. The third kappa shape index (κ3) is 17.4. The smallest absolute Gasteiger partial charge is 0.330 e. The SMILES string of the molecule is CO[C@H]1[C@H](O[C@H]([C@H]2O[C@@H](n3ccc(=O)[nH]c3=O)[C@H](O)[C@@H]2O)[C@H](NCCCNC(=O)[C@@H](NC(=O)[C@@H](NC(=O)N[C@H](C(=O)O)C(C)C)[C@@H]2CCN=C(N)N2)[C@@H](OC(=O)CCCCCC(C)C)C(C)C)C(=O)O)O[C@H](CN)[C@H]1O. The van der Waals surface area contributed by atoms with Gasteiger partial charge < -0.3 is 92.6 Å². The van der Waals surface area contributed by atoms with Crippen molar-refractivity contribution in [2.45, 2.75) is 178 Å². The molecule has 3 aliphatic rings. The van der Waals surface area contributed by atoms with E-state index in [1.165, 1.54) is 7.11 Å². The van der Waals surface area contributed by atoms with Crippen LogP contribution in [-0.4, -0.2) is 195 Å². The minimum absolute atomic E-state index is 0.0155. The highest BCUT2D eigenvalue weighted by molar-refractivity contribution is 5.94. The second-order valence-corrected chi connectivity index (χ2v) is 20.1. The van der Waals surface area contributed by atoms with Crippen LogP contribution in [0.15, 0.2) is 26.8 Å². The van der Waals surface area contributed by atoms with E-state index in [0.29, 0.717) is 12.3 Å². The van der Waals surface area contributed by atoms with Gasteiger partial charge in [0, 0.05) is 45.4 Å². The number of guanidine groups is 1. The number of urea groups is 1. The third-order valence-corrected chi connectivity index (χ3v) is 13.2. The first-order valence-corrected chi connectivity index (χ1v) is 25.5. The predicted molar refractivity (Wildman–Crippen MR) is 268 cm³/mol. The maximum Gasteiger partial charge on any atom is 0.330 e. The van der Waals surface area contributed by atoms with Gasteiger partial charge in [0.2, 0.25) is 11.8 Å². The van der Waals surface area contributed by atoms with Crippen LogP contribution >= 0.6 is 0 Å². The Hall–Kier alpha value is -5.79. The number of nitrogens with one attached hydrogen (secondary N) is 7. The van der Waals surface area contributed by atoms with E-state index in [4.69, 9.17) is 35.2 Å². The number of rotatable bonds is 30. The number of unbranched alkanes of at least 4 members (excludes halogenated alkanes) is 2. The molecule has 4 amide bonds. The molecule has 1 aromatic heterocycles. The summed E-state index contributed by atoms with van der Waals surface area (Å²) in [4.78, 5) is 111. The van der Waals surface area contributed by atoms with Gasteiger partial charge in [0.15, 0.2) is 18.5 Å². The van der Waals surface area contributed by atoms with E-state index >= 15 is 0 Å². The van der Waals surface area contributed by atoms with Gasteiger partial charge in [-0.2, -0.15) is 0 Å². The summed E-state index contributed by atoms with van der Waals surface area (Å²) in [7, 11) is 1.23. The molecule has 4 heterocycles. The number of aliphatic carboxylic acids is 2. The summed E-state index contributed by atoms with van der Waals surface area (Å²) in [5.74, 6) is -6.04. The Bertz CT molecular complexity index is 2250. The number of esters is 1. The van der Waals surface area contributed by atoms with Crippen molar-refractivity contribution in [2.75, 3.05) is 33.3 Å². The lowest BCUT2D eigenvalue weighted by molar-refractivity contribution is -0.231. The Kier molecular flexibility index (Phi) is 24.5. The van der Waals surface area contributed by atoms with Gasteiger partial charge >= 0.3 is 29.6 Å². The standard InChI is InChI=1S/C47H79N11O18/c1-21(2)12-9-8-10-13-27(60)74-35(23(5)6)30(55-40(65)29(24-14-18-52-45(49)53-24)57-46(70)56-28(22(3)4)42(66)67)39(64)51-17-11-16-50-31(43(68)69)36(76-44-38(72-7)32(61)25(20-48)73-44)37-33(62)34(63)41(75-37)58-19-15-26(59)54-47(58)71/h15,19,21-25,28-38,41,44,50,61-63H,8-14,16-18,20,48H2,1-7H3,(H,51,64)(H,55,65)(H,66,67)(H,68,69)(H3,49,52,53)(H,54,59,71)(H2,56,57,70)/t24-,25+,28-,29-,30-,31-,32+,33-,34+,35-,36-,37-,38+,41+,44-/m0/s1. The second-order valence-electron chi connectivity index (χ2n) is 20.1. The lowest BCUT2D eigenvalue weighted by atomic mass is 9.96. The number of hydrogen-bond acceptors (Lipinski definition) is 21. The van der Waals surface area contributed by atoms with Crippen molar-refractivity contribution >= 4 is 41.7 Å². The number of carbonyl (C=O) groups excluding carboxylic acids is 4. The second kappa shape index (κ2) is 29.7. The molecule has 76 heavy (non-hydrogen) atoms. The maximum absolute atomic E-state index is 14.4. The zero-order valence-electron chi connectivity index (χ0n) is 43.9. The van der Waals surface area contributed by atoms with Crippen LogP contribution in [0.25, 0.3) is 0 Å². The highest BCUT2D eigenvalue weighted by atomic mass is 16.7. The van der Waals surface area contributed by atoms with Crippen LogP contribution in [0.5, 0.6) is 0 Å². The molecule has 2 fully saturated rings. The molecule has 1 aromatic rings. The van der Waals surface area contributed by atoms with Crippen LogP contribution in [0.4, 0.5) is 4.79 Å². The summed E-state index contributed by atoms with van der Waals surface area (Å²) in [6, 6.07) is -7.25. The Morgan fingerprint density at radius 1 is 0.855 bits per heavy atom. The lowest BCUT2D eigenvalue weighted by Gasteiger charge is -2.34. The number of hydrogen-bond donors (Lipinski definition) is 14. The lowest BCUT2D eigenvalue weighted by Crippen LogP contribution is -2.66. The fourth-order valence-electron chi connectivity index (χ4n) is 8.99. The number of H-pyrrole nitrogens is 1. The molecule has 0 bridgehead atoms. The molecule has 0 aliphatic carbocycles. The summed E-state index contributed by atoms with van der Waals surface area (Å²) in [5, 5.41) is 69.5. The molecule has 0 aromatic carbocycles. The molecule has 29 nitrogen and oxygen atoms in total. The number of carbonyl (C=O) groups is 6. The summed E-state index contributed by atoms with van der Waals surface area (Å²) in [6.07, 6.45) is -11.2. The van der Waals surface area contributed by atoms with Crippen molar-refractivity contribution < 1.29 is 78.0 Å². The summed E-state index contributed by atoms with van der Waals surface area (Å²) < 4.78 is 29.9. The highest BCUT2D eigenvalue weighted by Crippen LogP contribution is 2.35. The molecule has 0 saturated carbocycles. The van der Waals surface area contributed by atoms with Crippen molar-refractivity contribution in [2.24, 2.45) is 34.2 Å². The van der Waals surface area contributed by atoms with Gasteiger partial charge in [0.1, 0.15) is 73.0 Å². The highest BCUT2D eigenvalue weighted by Gasteiger charge is 2.54. The fourth-order valence-corrected chi connectivity index (χ4v) is 8.99. The molecular weight excluding hydrogens is 1010 g/mol. The maximum atomic E-state index is 14.4. The van der Waals surface area contributed by atoms with Crippen LogP contribution < -0.4 is 54.6 Å². The van der Waals surface area contributed by atoms with Crippen molar-refractivity contribution in [1.82, 2.24) is 41.5 Å². The molecule has 29 heteroatoms. The first-order valence-electron chi connectivity index (χ1n) is 25.5. The van der Waals surface area contributed by atoms with Crippen molar-refractivity contribution in [1.29, 1.82) is 0 Å². The van der Waals surface area contributed by atoms with Gasteiger partial charge in [-0.15, -0.1) is 0 Å². The van der Waals surface area contributed by atoms with E-state index in [9.17, 15) is 63.9 Å². The van der Waals surface area contributed by atoms with Crippen molar-refractivity contribution in [3.63, 3.8) is 0 Å². The Morgan fingerprint density at radius 2 is 1.55 bits per heavy atom. The molecule has 16 N–H and O–H groups in total. The number of aromatic nitrogens is 2. The third-order valence-electron chi connectivity index (χ3n) is 13.2. The number of aliphatic hydroxyl groups excluding tert-OH is 3. The van der Waals surface area contributed by atoms with E-state index in [2.05, 4.69) is 50.7 Å². The van der Waals surface area contributed by atoms with Crippen molar-refractivity contribution in [3.05, 3.63) is 33.1 Å². The molecule has 430 valence electrons. The molecule has 4 rings (SSSR count). The number of aliphatic imine (C=N–C) groups is 1. The molecule has 3 aliphatic heterocycles. The monoisotopic (exact) mass is 1090 g/mol. The van der Waals surface area contributed by atoms with Gasteiger partial charge in [-0.05, 0) is 43.6 Å². The predicted octanol–water partition coefficient (Wildman–Crippen LogP) is -3.74. The largest absolute Gasteiger partial charge is 0.480 e. The number of ether oxygens (including phenoxy) is 5. The molecule has 0 spiro atoms. The van der Waals surface area contributed by atoms with E-state index in [1.807, 2.05) is 4.98 Å². The topological polar surface area (TPSA) is 441 Å². The summed E-state index contributed by atoms with van der Waals surface area (Å²) in [5.41, 5.74) is 9.95. The summed E-state index contributed by atoms with van der Waals surface area (Å²) in [6.45, 7) is 10.2. The minimum atomic E-state index is -1.93. The zero-order chi connectivity index (χ0) is 56.6. The number of nitrogens with two attached hydrogens (primary N) is 2. The van der Waals surface area contributed by atoms with Crippen LogP contribution in [0, 0.1) is 17.8 Å². The van der Waals surface area contributed by atoms with Gasteiger partial charge in [0.05, 0.1) is 6.04 Å². The molecule has 15 atom stereocenters. The zero-order valence-corrected chi connectivity index (χ0v) is 43.9. The molecule has 0 radical (unpaired) electrons. The number of nitrogens with zero attached hydrogens (tertiary/aromatic N) is 2. The summed E-state index contributed by atoms with van der Waals surface area (Å²) >= 11 is 0. The fraction of sp³-hybridized carbons (Fsp3) is 0.766. The molecule has 0 unspecified atom stereocenters. The Labute approximate surface area is 438 Å². The number of carboxylic acid groups (broad SMARTS) is 2. The quantitative estimate of drug-likeness (QED) is 0.0260. The first-order chi connectivity index (χ1) is 35.9. The van der Waals surface area contributed by atoms with Crippen LogP contribution in [0.1, 0.15) is 92.7 Å². The first kappa shape index (κ1) is 62.7. The van der Waals surface area contributed by atoms with Gasteiger partial charge in [0.25, 0.3) is 5.56 Å². The van der Waals surface area contributed by atoms with E-state index in [0.717, 1.165) is 36.1 Å². The average molecular weight is 1090 g/mol. The van der Waals surface area contributed by atoms with Crippen LogP contribution in [0.2, 0.25) is 0 Å². The Balaban J connectivity index is 1.59. The molecule has 2 saturated heterocycles. The van der Waals surface area contributed by atoms with Crippen LogP contribution in [0.3, 0.4) is 0 Å². The normalized spacial score (nSPS) is 25.9. The van der Waals surface area contributed by atoms with Gasteiger partial charge in [-0.25, -0.2) is 14.4 Å². The van der Waals surface area contributed by atoms with E-state index in [-0.39, 0.29) is 51.4 Å². The average Bonchev–Trinajstić information content (AvgIpc) is 3.82. The van der Waals surface area contributed by atoms with Gasteiger partial charge in [-0.3, -0.25) is 38.5 Å². The van der Waals surface area contributed by atoms with Crippen molar-refractivity contribution in [3.8, 4) is 0 Å². The molecular formula is C47H79N11O18. The number of methoxy groups -OCH3 is 1.